The Balaban J connectivity index is 1.32. The van der Waals surface area contributed by atoms with E-state index in [1.54, 1.807) is 0 Å². The lowest BCUT2D eigenvalue weighted by atomic mass is 9.54. The van der Waals surface area contributed by atoms with Gasteiger partial charge in [0.25, 0.3) is 0 Å². The van der Waals surface area contributed by atoms with Crippen LogP contribution >= 0.6 is 0 Å². The molecule has 6 nitrogen and oxygen atoms in total. The van der Waals surface area contributed by atoms with Gasteiger partial charge in [0, 0.05) is 35.3 Å². The highest BCUT2D eigenvalue weighted by Crippen LogP contribution is 2.61. The molecular weight excluding hydrogens is 520 g/mol. The number of aromatic nitrogens is 1. The van der Waals surface area contributed by atoms with E-state index in [-0.39, 0.29) is 17.5 Å². The fraction of sp³-hybridized carbons (Fsp3) is 0.611. The van der Waals surface area contributed by atoms with E-state index in [1.807, 2.05) is 0 Å². The maximum absolute atomic E-state index is 14.1. The number of benzene rings is 1. The van der Waals surface area contributed by atoms with Gasteiger partial charge in [0.05, 0.1) is 23.9 Å². The van der Waals surface area contributed by atoms with Crippen LogP contribution in [-0.2, 0) is 6.42 Å². The fourth-order valence-electron chi connectivity index (χ4n) is 10.3. The van der Waals surface area contributed by atoms with E-state index in [0.29, 0.717) is 23.6 Å². The van der Waals surface area contributed by atoms with Gasteiger partial charge in [-0.2, -0.15) is 0 Å². The monoisotopic (exact) mass is 568 g/mol. The highest BCUT2D eigenvalue weighted by Gasteiger charge is 2.66. The summed E-state index contributed by atoms with van der Waals surface area (Å²) in [6, 6.07) is 8.74. The average molecular weight is 569 g/mol. The Kier molecular flexibility index (Phi) is 6.99. The number of para-hydroxylation sites is 1. The van der Waals surface area contributed by atoms with Crippen molar-refractivity contribution in [1.29, 1.82) is 0 Å². The minimum atomic E-state index is -0.959. The third kappa shape index (κ3) is 4.32. The van der Waals surface area contributed by atoms with Crippen LogP contribution in [0.15, 0.2) is 60.2 Å². The van der Waals surface area contributed by atoms with Crippen LogP contribution in [0.5, 0.6) is 0 Å². The van der Waals surface area contributed by atoms with Gasteiger partial charge < -0.3 is 25.3 Å². The lowest BCUT2D eigenvalue weighted by molar-refractivity contribution is -0.879. The molecule has 0 radical (unpaired) electrons. The molecule has 2 aromatic rings. The Morgan fingerprint density at radius 2 is 1.81 bits per heavy atom. The number of fused-ring (bicyclic) bond motifs is 5. The van der Waals surface area contributed by atoms with Gasteiger partial charge in [-0.1, -0.05) is 42.5 Å². The van der Waals surface area contributed by atoms with E-state index in [0.717, 1.165) is 82.3 Å². The van der Waals surface area contributed by atoms with Crippen molar-refractivity contribution in [2.75, 3.05) is 32.7 Å². The lowest BCUT2D eigenvalue weighted by Crippen LogP contribution is -3.09. The van der Waals surface area contributed by atoms with Crippen molar-refractivity contribution in [3.05, 3.63) is 76.7 Å². The summed E-state index contributed by atoms with van der Waals surface area (Å²) in [5, 5.41) is 28.8. The molecule has 1 aromatic heterocycles. The maximum Gasteiger partial charge on any atom is 0.150 e. The standard InChI is InChI=1S/C36H48N4O2/c41-36-18-10-4-1-2-5-11-19-38-21-17-30(35(25-38)23-26-13-7-3-6-12-20-39(26)34(35)36)29(24-36)33-32-28(16-22-40(33)42)27-14-8-9-15-31(27)37-32/h1,4,7-9,13-15,24,26,30,33-34,37,40-41H,2-3,5-6,10-12,16-23,25H2/b4-1-,13-7-/t26?,30-,33?,34+,35-,36-/m0/s1. The second-order valence-electron chi connectivity index (χ2n) is 14.3. The second-order valence-corrected chi connectivity index (χ2v) is 14.3. The fourth-order valence-corrected chi connectivity index (χ4v) is 10.3. The topological polar surface area (TPSA) is 70.0 Å². The van der Waals surface area contributed by atoms with Crippen LogP contribution in [0.25, 0.3) is 10.9 Å². The molecule has 4 unspecified atom stereocenters. The summed E-state index contributed by atoms with van der Waals surface area (Å²) >= 11 is 0. The van der Waals surface area contributed by atoms with Crippen molar-refractivity contribution in [2.24, 2.45) is 11.3 Å². The predicted octanol–water partition coefficient (Wildman–Crippen LogP) is 4.83. The number of piperidine rings is 1. The molecule has 0 amide bonds. The summed E-state index contributed by atoms with van der Waals surface area (Å²) in [6.45, 7) is 4.92. The molecular formula is C36H48N4O2. The van der Waals surface area contributed by atoms with Crippen molar-refractivity contribution >= 4 is 10.9 Å². The van der Waals surface area contributed by atoms with Gasteiger partial charge in [0.1, 0.15) is 0 Å². The van der Waals surface area contributed by atoms with Crippen LogP contribution in [0.2, 0.25) is 0 Å². The lowest BCUT2D eigenvalue weighted by Gasteiger charge is -2.59. The van der Waals surface area contributed by atoms with Crippen LogP contribution in [0.3, 0.4) is 0 Å². The molecule has 1 aromatic carbocycles. The van der Waals surface area contributed by atoms with E-state index in [2.05, 4.69) is 69.4 Å². The van der Waals surface area contributed by atoms with Crippen LogP contribution in [0.1, 0.15) is 81.5 Å². The number of hydrogen-bond donors (Lipinski definition) is 3. The third-order valence-corrected chi connectivity index (χ3v) is 11.9. The van der Waals surface area contributed by atoms with Gasteiger partial charge in [-0.05, 0) is 113 Å². The molecule has 5 aliphatic heterocycles. The molecule has 1 spiro atoms. The number of H-pyrrole nitrogens is 1. The van der Waals surface area contributed by atoms with Gasteiger partial charge in [-0.3, -0.25) is 4.90 Å². The number of aliphatic hydroxyl groups is 1. The normalized spacial score (nSPS) is 42.1. The maximum atomic E-state index is 14.1. The SMILES string of the molecule is [O-][NH+]1CCc2c([nH]c3ccccc23)C1C1=C[C@@]2(O)CC/C=C\CCCCN3CC[C@@H]1[C@]1(CC4/C=C\CCCCN4[C@H]12)C3. The van der Waals surface area contributed by atoms with Crippen molar-refractivity contribution in [3.63, 3.8) is 0 Å². The van der Waals surface area contributed by atoms with Crippen LogP contribution < -0.4 is 5.06 Å². The summed E-state index contributed by atoms with van der Waals surface area (Å²) < 4.78 is 0. The minimum absolute atomic E-state index is 0.0574. The van der Waals surface area contributed by atoms with Gasteiger partial charge in [-0.15, -0.1) is 0 Å². The molecule has 8 atom stereocenters. The summed E-state index contributed by atoms with van der Waals surface area (Å²) in [6.07, 6.45) is 23.6. The van der Waals surface area contributed by atoms with E-state index in [4.69, 9.17) is 0 Å². The summed E-state index contributed by atoms with van der Waals surface area (Å²) in [4.78, 5) is 9.20. The molecule has 3 bridgehead atoms. The van der Waals surface area contributed by atoms with Crippen molar-refractivity contribution < 1.29 is 10.2 Å². The van der Waals surface area contributed by atoms with E-state index in [1.165, 1.54) is 42.2 Å². The predicted molar refractivity (Wildman–Crippen MR) is 168 cm³/mol. The highest BCUT2D eigenvalue weighted by atomic mass is 16.5. The molecule has 2 saturated heterocycles. The number of hydroxylamine groups is 2. The number of hydrogen-bond acceptors (Lipinski definition) is 4. The number of rotatable bonds is 1. The molecule has 6 heterocycles. The zero-order chi connectivity index (χ0) is 28.3. The first-order chi connectivity index (χ1) is 20.6. The number of nitrogens with one attached hydrogen (secondary N) is 2. The molecule has 8 rings (SSSR count). The second kappa shape index (κ2) is 10.7. The van der Waals surface area contributed by atoms with Gasteiger partial charge in [0.15, 0.2) is 6.04 Å². The average Bonchev–Trinajstić information content (AvgIpc) is 3.49. The zero-order valence-electron chi connectivity index (χ0n) is 25.1. The van der Waals surface area contributed by atoms with E-state index in [9.17, 15) is 10.3 Å². The van der Waals surface area contributed by atoms with E-state index < -0.39 is 5.60 Å². The first-order valence-corrected chi connectivity index (χ1v) is 16.9. The number of nitrogens with zero attached hydrogens (tertiary/aromatic N) is 2. The summed E-state index contributed by atoms with van der Waals surface area (Å²) in [5.41, 5.74) is 3.79. The Hall–Kier alpha value is -2.22. The van der Waals surface area contributed by atoms with E-state index >= 15 is 0 Å². The summed E-state index contributed by atoms with van der Waals surface area (Å²) in [7, 11) is 0. The van der Waals surface area contributed by atoms with Crippen molar-refractivity contribution in [1.82, 2.24) is 14.8 Å². The zero-order valence-corrected chi connectivity index (χ0v) is 25.1. The largest absolute Gasteiger partial charge is 0.634 e. The molecule has 2 fully saturated rings. The third-order valence-electron chi connectivity index (χ3n) is 11.9. The Bertz CT molecular complexity index is 1410. The number of allylic oxidation sites excluding steroid dienone is 3. The number of aromatic amines is 1. The van der Waals surface area contributed by atoms with Crippen LogP contribution in [0.4, 0.5) is 0 Å². The number of quaternary nitrogens is 1. The minimum Gasteiger partial charge on any atom is -0.634 e. The van der Waals surface area contributed by atoms with Gasteiger partial charge in [0.2, 0.25) is 0 Å². The quantitative estimate of drug-likeness (QED) is 0.341. The Labute approximate surface area is 250 Å². The Morgan fingerprint density at radius 3 is 2.74 bits per heavy atom. The molecule has 6 aliphatic rings. The van der Waals surface area contributed by atoms with Crippen LogP contribution in [-0.4, -0.2) is 70.3 Å². The Morgan fingerprint density at radius 1 is 0.976 bits per heavy atom. The molecule has 1 aliphatic carbocycles. The first kappa shape index (κ1) is 27.3. The van der Waals surface area contributed by atoms with Gasteiger partial charge >= 0.3 is 0 Å². The molecule has 6 heteroatoms. The van der Waals surface area contributed by atoms with Crippen molar-refractivity contribution in [3.8, 4) is 0 Å². The molecule has 42 heavy (non-hydrogen) atoms. The highest BCUT2D eigenvalue weighted by molar-refractivity contribution is 5.85. The molecule has 224 valence electrons. The van der Waals surface area contributed by atoms with Gasteiger partial charge in [-0.25, -0.2) is 0 Å². The molecule has 0 saturated carbocycles. The van der Waals surface area contributed by atoms with Crippen LogP contribution in [0, 0.1) is 16.5 Å². The smallest absolute Gasteiger partial charge is 0.150 e. The van der Waals surface area contributed by atoms with Crippen molar-refractivity contribution in [2.45, 2.75) is 94.4 Å². The first-order valence-electron chi connectivity index (χ1n) is 16.9. The summed E-state index contributed by atoms with van der Waals surface area (Å²) in [5.74, 6) is 0.313. The molecule has 3 N–H and O–H groups in total.